The van der Waals surface area contributed by atoms with E-state index >= 15 is 0 Å². The van der Waals surface area contributed by atoms with Gasteiger partial charge >= 0.3 is 0 Å². The van der Waals surface area contributed by atoms with Crippen LogP contribution < -0.4 is 0 Å². The van der Waals surface area contributed by atoms with Crippen LogP contribution in [0.2, 0.25) is 13.1 Å². The van der Waals surface area contributed by atoms with Crippen LogP contribution in [-0.2, 0) is 12.8 Å². The summed E-state index contributed by atoms with van der Waals surface area (Å²) in [5.41, 5.74) is 11.2. The Labute approximate surface area is 198 Å². The van der Waals surface area contributed by atoms with Gasteiger partial charge in [-0.1, -0.05) is 133 Å². The highest BCUT2D eigenvalue weighted by atomic mass is 28.3. The molecule has 160 valence electrons. The van der Waals surface area contributed by atoms with E-state index in [1.54, 1.807) is 10.4 Å². The zero-order valence-electron chi connectivity index (χ0n) is 19.3. The summed E-state index contributed by atoms with van der Waals surface area (Å²) in [7, 11) is -1.76. The zero-order valence-corrected chi connectivity index (χ0v) is 20.3. The minimum Gasteiger partial charge on any atom is -0.0714 e. The lowest BCUT2D eigenvalue weighted by Gasteiger charge is -2.26. The normalized spacial score (nSPS) is 14.5. The van der Waals surface area contributed by atoms with E-state index in [2.05, 4.69) is 122 Å². The van der Waals surface area contributed by atoms with Crippen LogP contribution in [0, 0.1) is 0 Å². The molecule has 0 radical (unpaired) electrons. The minimum absolute atomic E-state index is 1.09. The lowest BCUT2D eigenvalue weighted by molar-refractivity contribution is 1.22. The van der Waals surface area contributed by atoms with E-state index in [1.165, 1.54) is 44.5 Å². The predicted molar refractivity (Wildman–Crippen MR) is 145 cm³/mol. The SMILES string of the molecule is C[Si](C)(C1=Cc2c(cccc2-c2ccccc2)C1)C1=Cc2c(cccc2-c2ccccc2)C1. The highest BCUT2D eigenvalue weighted by Crippen LogP contribution is 2.43. The van der Waals surface area contributed by atoms with Crippen molar-refractivity contribution >= 4 is 20.2 Å². The third kappa shape index (κ3) is 3.44. The summed E-state index contributed by atoms with van der Waals surface area (Å²) in [6.07, 6.45) is 7.25. The van der Waals surface area contributed by atoms with E-state index in [0.29, 0.717) is 0 Å². The van der Waals surface area contributed by atoms with Crippen molar-refractivity contribution in [3.63, 3.8) is 0 Å². The zero-order chi connectivity index (χ0) is 22.4. The van der Waals surface area contributed by atoms with Crippen LogP contribution in [0.1, 0.15) is 22.3 Å². The molecule has 4 aromatic carbocycles. The van der Waals surface area contributed by atoms with Crippen LogP contribution in [0.5, 0.6) is 0 Å². The molecule has 0 heterocycles. The largest absolute Gasteiger partial charge is 0.103 e. The molecule has 4 aromatic rings. The summed E-state index contributed by atoms with van der Waals surface area (Å²) in [6.45, 7) is 5.10. The average Bonchev–Trinajstić information content (AvgIpc) is 3.50. The van der Waals surface area contributed by atoms with Gasteiger partial charge in [-0.15, -0.1) is 0 Å². The Balaban J connectivity index is 1.38. The maximum Gasteiger partial charge on any atom is 0.103 e. The van der Waals surface area contributed by atoms with Gasteiger partial charge in [-0.05, 0) is 57.3 Å². The van der Waals surface area contributed by atoms with Crippen molar-refractivity contribution < 1.29 is 0 Å². The van der Waals surface area contributed by atoms with E-state index in [-0.39, 0.29) is 0 Å². The van der Waals surface area contributed by atoms with E-state index in [4.69, 9.17) is 0 Å². The maximum absolute atomic E-state index is 2.55. The van der Waals surface area contributed by atoms with Gasteiger partial charge in [-0.2, -0.15) is 0 Å². The van der Waals surface area contributed by atoms with Gasteiger partial charge < -0.3 is 0 Å². The van der Waals surface area contributed by atoms with Gasteiger partial charge in [-0.3, -0.25) is 0 Å². The number of allylic oxidation sites excluding steroid dienone is 2. The molecule has 2 aliphatic rings. The fourth-order valence-corrected chi connectivity index (χ4v) is 8.17. The second-order valence-electron chi connectivity index (χ2n) is 9.81. The first kappa shape index (κ1) is 20.2. The van der Waals surface area contributed by atoms with Gasteiger partial charge in [0.2, 0.25) is 0 Å². The standard InChI is InChI=1S/C32H28Si/c1-33(2,27-19-25-15-9-17-29(31(25)21-27)23-11-5-3-6-12-23)28-20-26-16-10-18-30(32(26)22-28)24-13-7-4-8-14-24/h3-18,21-22H,19-20H2,1-2H3. The van der Waals surface area contributed by atoms with E-state index < -0.39 is 8.07 Å². The summed E-state index contributed by atoms with van der Waals surface area (Å²) in [5, 5.41) is 3.31. The Morgan fingerprint density at radius 3 is 1.33 bits per heavy atom. The number of hydrogen-bond acceptors (Lipinski definition) is 0. The van der Waals surface area contributed by atoms with Crippen LogP contribution in [0.3, 0.4) is 0 Å². The first-order chi connectivity index (χ1) is 16.1. The topological polar surface area (TPSA) is 0 Å². The summed E-state index contributed by atoms with van der Waals surface area (Å²) in [5.74, 6) is 0. The summed E-state index contributed by atoms with van der Waals surface area (Å²) in [4.78, 5) is 0. The van der Waals surface area contributed by atoms with Crippen molar-refractivity contribution in [1.29, 1.82) is 0 Å². The third-order valence-electron chi connectivity index (χ3n) is 7.57. The molecule has 6 rings (SSSR count). The number of fused-ring (bicyclic) bond motifs is 2. The molecule has 0 saturated carbocycles. The third-order valence-corrected chi connectivity index (χ3v) is 11.4. The van der Waals surface area contributed by atoms with Crippen LogP contribution >= 0.6 is 0 Å². The van der Waals surface area contributed by atoms with Gasteiger partial charge in [0, 0.05) is 0 Å². The molecule has 33 heavy (non-hydrogen) atoms. The van der Waals surface area contributed by atoms with Crippen molar-refractivity contribution in [3.8, 4) is 22.3 Å². The lowest BCUT2D eigenvalue weighted by atomic mass is 9.97. The average molecular weight is 441 g/mol. The Kier molecular flexibility index (Phi) is 4.81. The molecule has 0 spiro atoms. The van der Waals surface area contributed by atoms with Crippen LogP contribution in [0.15, 0.2) is 107 Å². The maximum atomic E-state index is 2.55. The van der Waals surface area contributed by atoms with Crippen molar-refractivity contribution in [2.75, 3.05) is 0 Å². The molecule has 2 aliphatic carbocycles. The quantitative estimate of drug-likeness (QED) is 0.280. The predicted octanol–water partition coefficient (Wildman–Crippen LogP) is 8.39. The first-order valence-electron chi connectivity index (χ1n) is 11.9. The number of benzene rings is 4. The van der Waals surface area contributed by atoms with Crippen LogP contribution in [-0.4, -0.2) is 8.07 Å². The van der Waals surface area contributed by atoms with Gasteiger partial charge in [-0.25, -0.2) is 0 Å². The molecule has 0 aromatic heterocycles. The molecule has 0 atom stereocenters. The summed E-state index contributed by atoms with van der Waals surface area (Å²) < 4.78 is 0. The van der Waals surface area contributed by atoms with Gasteiger partial charge in [0.15, 0.2) is 0 Å². The van der Waals surface area contributed by atoms with Crippen molar-refractivity contribution in [2.45, 2.75) is 25.9 Å². The van der Waals surface area contributed by atoms with Gasteiger partial charge in [0.05, 0.1) is 0 Å². The van der Waals surface area contributed by atoms with Crippen LogP contribution in [0.4, 0.5) is 0 Å². The number of hydrogen-bond donors (Lipinski definition) is 0. The van der Waals surface area contributed by atoms with E-state index in [1.807, 2.05) is 0 Å². The lowest BCUT2D eigenvalue weighted by Crippen LogP contribution is -2.32. The van der Waals surface area contributed by atoms with Crippen molar-refractivity contribution in [2.24, 2.45) is 0 Å². The molecule has 0 fully saturated rings. The molecule has 1 heteroatoms. The molecule has 0 saturated heterocycles. The molecule has 0 amide bonds. The molecule has 0 unspecified atom stereocenters. The summed E-state index contributed by atoms with van der Waals surface area (Å²) in [6, 6.07) is 35.3. The molecular formula is C32H28Si. The molecule has 0 nitrogen and oxygen atoms in total. The van der Waals surface area contributed by atoms with Crippen LogP contribution in [0.25, 0.3) is 34.4 Å². The fraction of sp³-hybridized carbons (Fsp3) is 0.125. The molecule has 0 aliphatic heterocycles. The Hall–Kier alpha value is -3.42. The summed E-state index contributed by atoms with van der Waals surface area (Å²) >= 11 is 0. The smallest absolute Gasteiger partial charge is 0.0714 e. The van der Waals surface area contributed by atoms with Crippen molar-refractivity contribution in [1.82, 2.24) is 0 Å². The van der Waals surface area contributed by atoms with Gasteiger partial charge in [0.1, 0.15) is 8.07 Å². The Morgan fingerprint density at radius 2 is 0.909 bits per heavy atom. The Bertz CT molecular complexity index is 1300. The first-order valence-corrected chi connectivity index (χ1v) is 14.9. The van der Waals surface area contributed by atoms with E-state index in [0.717, 1.165) is 12.8 Å². The second-order valence-corrected chi connectivity index (χ2v) is 14.3. The molecule has 0 N–H and O–H groups in total. The monoisotopic (exact) mass is 440 g/mol. The van der Waals surface area contributed by atoms with Gasteiger partial charge in [0.25, 0.3) is 0 Å². The highest BCUT2D eigenvalue weighted by Gasteiger charge is 2.36. The highest BCUT2D eigenvalue weighted by molar-refractivity contribution is 6.92. The second kappa shape index (κ2) is 7.86. The molecule has 0 bridgehead atoms. The molecular weight excluding hydrogens is 412 g/mol. The Morgan fingerprint density at radius 1 is 0.485 bits per heavy atom. The van der Waals surface area contributed by atoms with Crippen molar-refractivity contribution in [3.05, 3.63) is 130 Å². The van der Waals surface area contributed by atoms with E-state index in [9.17, 15) is 0 Å². The minimum atomic E-state index is -1.76. The fourth-order valence-electron chi connectivity index (χ4n) is 5.48. The number of rotatable bonds is 4.